The largest absolute Gasteiger partial charge is 0.336 e. The van der Waals surface area contributed by atoms with Crippen LogP contribution < -0.4 is 5.32 Å². The van der Waals surface area contributed by atoms with Crippen LogP contribution in [-0.2, 0) is 0 Å². The standard InChI is InChI=1S/C20H29N5O/c1-14(2)17-9-5-6-10-18(17)25-15(3)22-19(23-25)20(26)24-11-7-8-16(13-24)12-21-4/h5-6,9-10,14,16,21H,7-8,11-13H2,1-4H3. The normalized spacial score (nSPS) is 17.7. The number of nitrogens with zero attached hydrogens (tertiary/aromatic N) is 4. The SMILES string of the molecule is CNCC1CCCN(C(=O)c2nc(C)n(-c3ccccc3C(C)C)n2)C1. The van der Waals surface area contributed by atoms with Crippen molar-refractivity contribution in [1.82, 2.24) is 25.0 Å². The van der Waals surface area contributed by atoms with Crippen LogP contribution in [0.1, 0.15) is 54.6 Å². The lowest BCUT2D eigenvalue weighted by Gasteiger charge is -2.31. The molecule has 6 nitrogen and oxygen atoms in total. The average molecular weight is 355 g/mol. The Kier molecular flexibility index (Phi) is 5.71. The molecule has 26 heavy (non-hydrogen) atoms. The number of hydrogen-bond donors (Lipinski definition) is 1. The maximum absolute atomic E-state index is 12.9. The van der Waals surface area contributed by atoms with Crippen LogP contribution in [0.3, 0.4) is 0 Å². The highest BCUT2D eigenvalue weighted by Gasteiger charge is 2.27. The molecule has 1 atom stereocenters. The van der Waals surface area contributed by atoms with Crippen LogP contribution in [0.15, 0.2) is 24.3 Å². The van der Waals surface area contributed by atoms with Crippen LogP contribution in [-0.4, -0.2) is 52.3 Å². The average Bonchev–Trinajstić information content (AvgIpc) is 3.03. The van der Waals surface area contributed by atoms with E-state index in [4.69, 9.17) is 0 Å². The van der Waals surface area contributed by atoms with Gasteiger partial charge in [-0.05, 0) is 56.8 Å². The maximum atomic E-state index is 12.9. The van der Waals surface area contributed by atoms with Gasteiger partial charge in [0.15, 0.2) is 0 Å². The molecule has 0 aliphatic carbocycles. The molecule has 2 aromatic rings. The number of piperidine rings is 1. The molecule has 1 aromatic heterocycles. The summed E-state index contributed by atoms with van der Waals surface area (Å²) in [4.78, 5) is 19.3. The molecule has 1 aromatic carbocycles. The van der Waals surface area contributed by atoms with Gasteiger partial charge in [-0.3, -0.25) is 4.79 Å². The zero-order valence-corrected chi connectivity index (χ0v) is 16.2. The number of carbonyl (C=O) groups is 1. The zero-order valence-electron chi connectivity index (χ0n) is 16.2. The Labute approximate surface area is 155 Å². The quantitative estimate of drug-likeness (QED) is 0.896. The highest BCUT2D eigenvalue weighted by atomic mass is 16.2. The number of likely N-dealkylation sites (tertiary alicyclic amines) is 1. The van der Waals surface area contributed by atoms with Gasteiger partial charge in [-0.2, -0.15) is 0 Å². The minimum absolute atomic E-state index is 0.0605. The maximum Gasteiger partial charge on any atom is 0.293 e. The van der Waals surface area contributed by atoms with E-state index in [1.807, 2.05) is 37.1 Å². The van der Waals surface area contributed by atoms with E-state index in [2.05, 4.69) is 35.3 Å². The van der Waals surface area contributed by atoms with Crippen LogP contribution in [0.2, 0.25) is 0 Å². The molecule has 2 heterocycles. The molecule has 3 rings (SSSR count). The van der Waals surface area contributed by atoms with Gasteiger partial charge in [-0.1, -0.05) is 32.0 Å². The molecule has 0 bridgehead atoms. The van der Waals surface area contributed by atoms with E-state index < -0.39 is 0 Å². The Bertz CT molecular complexity index is 765. The predicted molar refractivity (Wildman–Crippen MR) is 103 cm³/mol. The van der Waals surface area contributed by atoms with Crippen molar-refractivity contribution in [3.8, 4) is 5.69 Å². The van der Waals surface area contributed by atoms with E-state index in [0.29, 0.717) is 17.7 Å². The van der Waals surface area contributed by atoms with Crippen molar-refractivity contribution >= 4 is 5.91 Å². The highest BCUT2D eigenvalue weighted by molar-refractivity contribution is 5.90. The van der Waals surface area contributed by atoms with Crippen molar-refractivity contribution in [1.29, 1.82) is 0 Å². The van der Waals surface area contributed by atoms with E-state index in [1.165, 1.54) is 5.56 Å². The van der Waals surface area contributed by atoms with E-state index in [1.54, 1.807) is 4.68 Å². The first-order valence-electron chi connectivity index (χ1n) is 9.48. The first kappa shape index (κ1) is 18.6. The Morgan fingerprint density at radius 2 is 2.12 bits per heavy atom. The molecule has 6 heteroatoms. The summed E-state index contributed by atoms with van der Waals surface area (Å²) in [5.74, 6) is 1.85. The van der Waals surface area contributed by atoms with Crippen molar-refractivity contribution in [3.05, 3.63) is 41.5 Å². The third kappa shape index (κ3) is 3.80. The Balaban J connectivity index is 1.85. The second-order valence-electron chi connectivity index (χ2n) is 7.43. The molecule has 0 saturated carbocycles. The van der Waals surface area contributed by atoms with Crippen molar-refractivity contribution in [2.24, 2.45) is 5.92 Å². The summed E-state index contributed by atoms with van der Waals surface area (Å²) in [6.45, 7) is 8.72. The van der Waals surface area contributed by atoms with Gasteiger partial charge in [0.25, 0.3) is 5.91 Å². The lowest BCUT2D eigenvalue weighted by atomic mass is 9.98. The van der Waals surface area contributed by atoms with E-state index in [0.717, 1.165) is 44.0 Å². The van der Waals surface area contributed by atoms with Gasteiger partial charge >= 0.3 is 0 Å². The number of para-hydroxylation sites is 1. The van der Waals surface area contributed by atoms with Crippen LogP contribution in [0, 0.1) is 12.8 Å². The molecule has 1 unspecified atom stereocenters. The topological polar surface area (TPSA) is 63.1 Å². The summed E-state index contributed by atoms with van der Waals surface area (Å²) in [5, 5.41) is 7.78. The molecular weight excluding hydrogens is 326 g/mol. The van der Waals surface area contributed by atoms with E-state index in [9.17, 15) is 4.79 Å². The molecule has 1 aliphatic heterocycles. The van der Waals surface area contributed by atoms with Crippen molar-refractivity contribution in [2.45, 2.75) is 39.5 Å². The lowest BCUT2D eigenvalue weighted by molar-refractivity contribution is 0.0662. The number of rotatable bonds is 5. The molecule has 1 saturated heterocycles. The van der Waals surface area contributed by atoms with Crippen molar-refractivity contribution in [3.63, 3.8) is 0 Å². The Morgan fingerprint density at radius 3 is 2.85 bits per heavy atom. The number of carbonyl (C=O) groups excluding carboxylic acids is 1. The van der Waals surface area contributed by atoms with Crippen LogP contribution in [0.25, 0.3) is 5.69 Å². The molecule has 1 amide bonds. The van der Waals surface area contributed by atoms with Gasteiger partial charge in [0.05, 0.1) is 5.69 Å². The van der Waals surface area contributed by atoms with Crippen molar-refractivity contribution in [2.75, 3.05) is 26.7 Å². The molecule has 0 spiro atoms. The smallest absolute Gasteiger partial charge is 0.293 e. The van der Waals surface area contributed by atoms with E-state index in [-0.39, 0.29) is 5.91 Å². The highest BCUT2D eigenvalue weighted by Crippen LogP contribution is 2.24. The van der Waals surface area contributed by atoms with Gasteiger partial charge in [0.2, 0.25) is 5.82 Å². The number of nitrogens with one attached hydrogen (secondary N) is 1. The fraction of sp³-hybridized carbons (Fsp3) is 0.550. The molecule has 140 valence electrons. The number of aryl methyl sites for hydroxylation is 1. The number of aromatic nitrogens is 3. The molecule has 1 fully saturated rings. The number of hydrogen-bond acceptors (Lipinski definition) is 4. The molecule has 1 aliphatic rings. The number of amides is 1. The summed E-state index contributed by atoms with van der Waals surface area (Å²) in [6, 6.07) is 8.17. The van der Waals surface area contributed by atoms with Gasteiger partial charge in [0.1, 0.15) is 5.82 Å². The molecule has 1 N–H and O–H groups in total. The Hall–Kier alpha value is -2.21. The minimum Gasteiger partial charge on any atom is -0.336 e. The Morgan fingerprint density at radius 1 is 1.35 bits per heavy atom. The van der Waals surface area contributed by atoms with Crippen LogP contribution in [0.5, 0.6) is 0 Å². The van der Waals surface area contributed by atoms with Gasteiger partial charge in [-0.15, -0.1) is 5.10 Å². The summed E-state index contributed by atoms with van der Waals surface area (Å²) < 4.78 is 1.80. The third-order valence-corrected chi connectivity index (χ3v) is 5.05. The summed E-state index contributed by atoms with van der Waals surface area (Å²) in [7, 11) is 1.96. The summed E-state index contributed by atoms with van der Waals surface area (Å²) in [5.41, 5.74) is 2.20. The predicted octanol–water partition coefficient (Wildman–Crippen LogP) is 2.77. The number of benzene rings is 1. The first-order valence-corrected chi connectivity index (χ1v) is 9.48. The second kappa shape index (κ2) is 7.99. The first-order chi connectivity index (χ1) is 12.5. The minimum atomic E-state index is -0.0605. The van der Waals surface area contributed by atoms with Crippen LogP contribution >= 0.6 is 0 Å². The zero-order chi connectivity index (χ0) is 18.7. The van der Waals surface area contributed by atoms with Gasteiger partial charge in [-0.25, -0.2) is 9.67 Å². The monoisotopic (exact) mass is 355 g/mol. The summed E-state index contributed by atoms with van der Waals surface area (Å²) >= 11 is 0. The lowest BCUT2D eigenvalue weighted by Crippen LogP contribution is -2.42. The third-order valence-electron chi connectivity index (χ3n) is 5.05. The van der Waals surface area contributed by atoms with Gasteiger partial charge < -0.3 is 10.2 Å². The van der Waals surface area contributed by atoms with Crippen molar-refractivity contribution < 1.29 is 4.79 Å². The molecular formula is C20H29N5O. The van der Waals surface area contributed by atoms with E-state index >= 15 is 0 Å². The fourth-order valence-electron chi connectivity index (χ4n) is 3.72. The van der Waals surface area contributed by atoms with Gasteiger partial charge in [0, 0.05) is 13.1 Å². The molecule has 0 radical (unpaired) electrons. The van der Waals surface area contributed by atoms with Crippen LogP contribution in [0.4, 0.5) is 0 Å². The fourth-order valence-corrected chi connectivity index (χ4v) is 3.72. The summed E-state index contributed by atoms with van der Waals surface area (Å²) in [6.07, 6.45) is 2.20. The second-order valence-corrected chi connectivity index (χ2v) is 7.43.